The summed E-state index contributed by atoms with van der Waals surface area (Å²) in [6, 6.07) is 12.8. The normalized spacial score (nSPS) is 16.0. The van der Waals surface area contributed by atoms with Crippen LogP contribution in [0.15, 0.2) is 58.9 Å². The highest BCUT2D eigenvalue weighted by atomic mass is 32.2. The van der Waals surface area contributed by atoms with Crippen LogP contribution in [0.3, 0.4) is 0 Å². The summed E-state index contributed by atoms with van der Waals surface area (Å²) in [6.45, 7) is 2.30. The molecular weight excluding hydrogens is 378 g/mol. The van der Waals surface area contributed by atoms with E-state index in [-0.39, 0.29) is 10.3 Å². The number of hydrogen-bond donors (Lipinski definition) is 1. The first-order valence-corrected chi connectivity index (χ1v) is 11.3. The van der Waals surface area contributed by atoms with Crippen LogP contribution in [0.4, 0.5) is 0 Å². The highest BCUT2D eigenvalue weighted by Gasteiger charge is 2.40. The van der Waals surface area contributed by atoms with E-state index in [0.29, 0.717) is 6.54 Å². The van der Waals surface area contributed by atoms with E-state index in [2.05, 4.69) is 14.7 Å². The lowest BCUT2D eigenvalue weighted by atomic mass is 9.66. The first kappa shape index (κ1) is 18.3. The Morgan fingerprint density at radius 3 is 2.67 bits per heavy atom. The highest BCUT2D eigenvalue weighted by Crippen LogP contribution is 2.42. The minimum Gasteiger partial charge on any atom is -0.261 e. The molecule has 0 saturated heterocycles. The SMILES string of the molecule is Cc1csc(-c2cccc(S(=O)(=O)NCC3(c4ccccn4)CCC3)c2)n1. The quantitative estimate of drug-likeness (QED) is 0.682. The zero-order valence-corrected chi connectivity index (χ0v) is 16.7. The minimum absolute atomic E-state index is 0.196. The van der Waals surface area contributed by atoms with Crippen LogP contribution < -0.4 is 4.72 Å². The molecule has 0 amide bonds. The average Bonchev–Trinajstić information content (AvgIpc) is 3.08. The van der Waals surface area contributed by atoms with Gasteiger partial charge in [-0.2, -0.15) is 0 Å². The molecule has 0 unspecified atom stereocenters. The van der Waals surface area contributed by atoms with Gasteiger partial charge in [-0.1, -0.05) is 24.6 Å². The van der Waals surface area contributed by atoms with E-state index in [1.54, 1.807) is 24.4 Å². The van der Waals surface area contributed by atoms with Gasteiger partial charge in [-0.3, -0.25) is 4.98 Å². The molecule has 1 N–H and O–H groups in total. The maximum atomic E-state index is 12.9. The van der Waals surface area contributed by atoms with Gasteiger partial charge >= 0.3 is 0 Å². The number of rotatable bonds is 6. The van der Waals surface area contributed by atoms with E-state index in [1.807, 2.05) is 36.6 Å². The van der Waals surface area contributed by atoms with E-state index in [1.165, 1.54) is 11.3 Å². The standard InChI is InChI=1S/C20H21N3O2S2/c1-15-13-26-19(23-15)16-6-4-7-17(12-16)27(24,25)22-14-20(9-5-10-20)18-8-2-3-11-21-18/h2-4,6-8,11-13,22H,5,9-10,14H2,1H3. The number of sulfonamides is 1. The van der Waals surface area contributed by atoms with Gasteiger partial charge < -0.3 is 0 Å². The first-order chi connectivity index (χ1) is 13.0. The Labute approximate surface area is 163 Å². The summed E-state index contributed by atoms with van der Waals surface area (Å²) in [7, 11) is -3.60. The second-order valence-corrected chi connectivity index (χ2v) is 9.62. The molecule has 3 aromatic rings. The molecular formula is C20H21N3O2S2. The summed E-state index contributed by atoms with van der Waals surface area (Å²) in [4.78, 5) is 9.17. The summed E-state index contributed by atoms with van der Waals surface area (Å²) < 4.78 is 28.6. The number of hydrogen-bond acceptors (Lipinski definition) is 5. The third kappa shape index (κ3) is 3.67. The third-order valence-electron chi connectivity index (χ3n) is 5.13. The molecule has 1 aromatic carbocycles. The second-order valence-electron chi connectivity index (χ2n) is 7.00. The summed E-state index contributed by atoms with van der Waals surface area (Å²) in [5.74, 6) is 0. The molecule has 5 nitrogen and oxygen atoms in total. The number of pyridine rings is 1. The monoisotopic (exact) mass is 399 g/mol. The van der Waals surface area contributed by atoms with E-state index in [0.717, 1.165) is 41.2 Å². The lowest BCUT2D eigenvalue weighted by molar-refractivity contribution is 0.238. The summed E-state index contributed by atoms with van der Waals surface area (Å²) in [5.41, 5.74) is 2.52. The summed E-state index contributed by atoms with van der Waals surface area (Å²) >= 11 is 1.52. The van der Waals surface area contributed by atoms with Crippen molar-refractivity contribution in [2.24, 2.45) is 0 Å². The smallest absolute Gasteiger partial charge is 0.240 e. The van der Waals surface area contributed by atoms with Crippen molar-refractivity contribution in [2.45, 2.75) is 36.5 Å². The fraction of sp³-hybridized carbons (Fsp3) is 0.300. The zero-order chi connectivity index (χ0) is 18.9. The van der Waals surface area contributed by atoms with Crippen LogP contribution in [-0.4, -0.2) is 24.9 Å². The molecule has 1 fully saturated rings. The molecule has 1 saturated carbocycles. The summed E-state index contributed by atoms with van der Waals surface area (Å²) in [6.07, 6.45) is 4.76. The lowest BCUT2D eigenvalue weighted by Crippen LogP contribution is -2.46. The molecule has 2 heterocycles. The van der Waals surface area contributed by atoms with Gasteiger partial charge in [0.15, 0.2) is 0 Å². The van der Waals surface area contributed by atoms with Crippen LogP contribution in [-0.2, 0) is 15.4 Å². The predicted octanol–water partition coefficient (Wildman–Crippen LogP) is 3.91. The van der Waals surface area contributed by atoms with Crippen molar-refractivity contribution in [2.75, 3.05) is 6.54 Å². The Balaban J connectivity index is 1.56. The van der Waals surface area contributed by atoms with Gasteiger partial charge in [0, 0.05) is 40.5 Å². The van der Waals surface area contributed by atoms with Crippen molar-refractivity contribution < 1.29 is 8.42 Å². The molecule has 1 aliphatic rings. The predicted molar refractivity (Wildman–Crippen MR) is 107 cm³/mol. The van der Waals surface area contributed by atoms with E-state index in [9.17, 15) is 8.42 Å². The van der Waals surface area contributed by atoms with Crippen molar-refractivity contribution in [3.8, 4) is 10.6 Å². The molecule has 0 spiro atoms. The zero-order valence-electron chi connectivity index (χ0n) is 15.1. The average molecular weight is 400 g/mol. The van der Waals surface area contributed by atoms with E-state index in [4.69, 9.17) is 0 Å². The van der Waals surface area contributed by atoms with Crippen LogP contribution in [0, 0.1) is 6.92 Å². The molecule has 0 radical (unpaired) electrons. The Kier molecular flexibility index (Phi) is 4.84. The van der Waals surface area contributed by atoms with Crippen LogP contribution in [0.5, 0.6) is 0 Å². The number of benzene rings is 1. The van der Waals surface area contributed by atoms with Crippen molar-refractivity contribution in [1.82, 2.24) is 14.7 Å². The molecule has 140 valence electrons. The lowest BCUT2D eigenvalue weighted by Gasteiger charge is -2.41. The number of nitrogens with one attached hydrogen (secondary N) is 1. The molecule has 0 bridgehead atoms. The van der Waals surface area contributed by atoms with Crippen molar-refractivity contribution in [3.63, 3.8) is 0 Å². The Morgan fingerprint density at radius 2 is 2.04 bits per heavy atom. The Hall–Kier alpha value is -2.09. The van der Waals surface area contributed by atoms with Crippen LogP contribution in [0.2, 0.25) is 0 Å². The number of nitrogens with zero attached hydrogens (tertiary/aromatic N) is 2. The Bertz CT molecular complexity index is 1040. The van der Waals surface area contributed by atoms with Gasteiger partial charge in [0.25, 0.3) is 0 Å². The van der Waals surface area contributed by atoms with Crippen LogP contribution in [0.25, 0.3) is 10.6 Å². The van der Waals surface area contributed by atoms with E-state index < -0.39 is 10.0 Å². The second kappa shape index (κ2) is 7.14. The molecule has 0 atom stereocenters. The van der Waals surface area contributed by atoms with Gasteiger partial charge in [-0.05, 0) is 44.0 Å². The summed E-state index contributed by atoms with van der Waals surface area (Å²) in [5, 5.41) is 2.79. The molecule has 4 rings (SSSR count). The fourth-order valence-corrected chi connectivity index (χ4v) is 5.37. The maximum Gasteiger partial charge on any atom is 0.240 e. The van der Waals surface area contributed by atoms with E-state index >= 15 is 0 Å². The van der Waals surface area contributed by atoms with Gasteiger partial charge in [-0.25, -0.2) is 18.1 Å². The van der Waals surface area contributed by atoms with Crippen molar-refractivity contribution in [1.29, 1.82) is 0 Å². The topological polar surface area (TPSA) is 72.0 Å². The van der Waals surface area contributed by atoms with Crippen LogP contribution in [0.1, 0.15) is 30.7 Å². The fourth-order valence-electron chi connectivity index (χ4n) is 3.40. The molecule has 2 aromatic heterocycles. The minimum atomic E-state index is -3.60. The molecule has 27 heavy (non-hydrogen) atoms. The van der Waals surface area contributed by atoms with Crippen molar-refractivity contribution >= 4 is 21.4 Å². The van der Waals surface area contributed by atoms with Gasteiger partial charge in [0.1, 0.15) is 5.01 Å². The maximum absolute atomic E-state index is 12.9. The molecule has 1 aliphatic carbocycles. The highest BCUT2D eigenvalue weighted by molar-refractivity contribution is 7.89. The van der Waals surface area contributed by atoms with Gasteiger partial charge in [-0.15, -0.1) is 11.3 Å². The van der Waals surface area contributed by atoms with Crippen molar-refractivity contribution in [3.05, 3.63) is 65.4 Å². The largest absolute Gasteiger partial charge is 0.261 e. The first-order valence-electron chi connectivity index (χ1n) is 8.92. The van der Waals surface area contributed by atoms with Gasteiger partial charge in [0.05, 0.1) is 4.90 Å². The molecule has 0 aliphatic heterocycles. The van der Waals surface area contributed by atoms with Gasteiger partial charge in [0.2, 0.25) is 10.0 Å². The number of aromatic nitrogens is 2. The number of thiazole rings is 1. The third-order valence-corrected chi connectivity index (χ3v) is 7.54. The molecule has 7 heteroatoms. The Morgan fingerprint density at radius 1 is 1.19 bits per heavy atom. The van der Waals surface area contributed by atoms with Crippen LogP contribution >= 0.6 is 11.3 Å². The number of aryl methyl sites for hydroxylation is 1.